The Kier molecular flexibility index (Phi) is 5.41. The molecule has 2 aromatic heterocycles. The Morgan fingerprint density at radius 1 is 1.21 bits per heavy atom. The molecule has 0 bridgehead atoms. The molecule has 0 aromatic carbocycles. The maximum atomic E-state index is 12.9. The summed E-state index contributed by atoms with van der Waals surface area (Å²) in [5.74, 6) is 0.477. The topological polar surface area (TPSA) is 69.8 Å². The van der Waals surface area contributed by atoms with Crippen LogP contribution in [0.2, 0.25) is 0 Å². The minimum absolute atomic E-state index is 0. The zero-order valence-electron chi connectivity index (χ0n) is 13.8. The number of carbonyl (C=O) groups excluding carboxylic acids is 1. The number of hydrogen-bond donors (Lipinski definition) is 3. The van der Waals surface area contributed by atoms with Gasteiger partial charge in [-0.05, 0) is 38.3 Å². The van der Waals surface area contributed by atoms with Crippen LogP contribution in [-0.2, 0) is 0 Å². The summed E-state index contributed by atoms with van der Waals surface area (Å²) in [6, 6.07) is 2.41. The van der Waals surface area contributed by atoms with E-state index in [0.717, 1.165) is 54.6 Å². The predicted molar refractivity (Wildman–Crippen MR) is 99.1 cm³/mol. The molecule has 1 aliphatic heterocycles. The lowest BCUT2D eigenvalue weighted by atomic mass is 9.96. The van der Waals surface area contributed by atoms with Gasteiger partial charge in [0.25, 0.3) is 0 Å². The molecule has 130 valence electrons. The summed E-state index contributed by atoms with van der Waals surface area (Å²) in [6.07, 6.45) is 10.4. The first kappa shape index (κ1) is 17.2. The molecule has 0 spiro atoms. The average molecular weight is 349 g/mol. The lowest BCUT2D eigenvalue weighted by molar-refractivity contribution is 0.0924. The van der Waals surface area contributed by atoms with Crippen molar-refractivity contribution in [2.75, 3.05) is 18.4 Å². The Labute approximate surface area is 148 Å². The third-order valence-corrected chi connectivity index (χ3v) is 5.22. The van der Waals surface area contributed by atoms with Crippen LogP contribution in [-0.4, -0.2) is 34.9 Å². The second kappa shape index (κ2) is 7.53. The van der Waals surface area contributed by atoms with Gasteiger partial charge in [0.2, 0.25) is 0 Å². The number of Topliss-reactive ketones (excluding diaryl/α,β-unsaturated/α-hetero) is 1. The molecule has 1 saturated heterocycles. The highest BCUT2D eigenvalue weighted by Crippen LogP contribution is 2.33. The highest BCUT2D eigenvalue weighted by molar-refractivity contribution is 6.12. The van der Waals surface area contributed by atoms with Crippen molar-refractivity contribution in [3.05, 3.63) is 24.0 Å². The molecule has 3 N–H and O–H groups in total. The van der Waals surface area contributed by atoms with Crippen molar-refractivity contribution in [2.24, 2.45) is 5.92 Å². The van der Waals surface area contributed by atoms with Gasteiger partial charge in [-0.15, -0.1) is 12.4 Å². The van der Waals surface area contributed by atoms with Crippen LogP contribution in [0.5, 0.6) is 0 Å². The number of nitrogens with zero attached hydrogens (tertiary/aromatic N) is 1. The number of aromatic nitrogens is 2. The van der Waals surface area contributed by atoms with Gasteiger partial charge < -0.3 is 15.6 Å². The van der Waals surface area contributed by atoms with Crippen molar-refractivity contribution < 1.29 is 4.79 Å². The molecule has 1 atom stereocenters. The van der Waals surface area contributed by atoms with Crippen molar-refractivity contribution in [1.82, 2.24) is 15.3 Å². The van der Waals surface area contributed by atoms with Crippen LogP contribution in [0.15, 0.2) is 18.5 Å². The second-order valence-electron chi connectivity index (χ2n) is 6.82. The van der Waals surface area contributed by atoms with Gasteiger partial charge in [-0.25, -0.2) is 4.98 Å². The lowest BCUT2D eigenvalue weighted by Gasteiger charge is -2.25. The summed E-state index contributed by atoms with van der Waals surface area (Å²) in [5, 5.41) is 8.01. The van der Waals surface area contributed by atoms with E-state index < -0.39 is 0 Å². The van der Waals surface area contributed by atoms with Crippen molar-refractivity contribution in [1.29, 1.82) is 0 Å². The minimum Gasteiger partial charge on any atom is -0.380 e. The van der Waals surface area contributed by atoms with E-state index >= 15 is 0 Å². The summed E-state index contributed by atoms with van der Waals surface area (Å²) >= 11 is 0. The fourth-order valence-electron chi connectivity index (χ4n) is 3.97. The number of nitrogens with one attached hydrogen (secondary N) is 3. The number of hydrogen-bond acceptors (Lipinski definition) is 4. The van der Waals surface area contributed by atoms with Gasteiger partial charge in [0.15, 0.2) is 5.78 Å². The molecule has 5 nitrogen and oxygen atoms in total. The molecule has 1 aliphatic carbocycles. The van der Waals surface area contributed by atoms with Crippen LogP contribution in [0.3, 0.4) is 0 Å². The van der Waals surface area contributed by atoms with E-state index in [1.54, 1.807) is 6.20 Å². The van der Waals surface area contributed by atoms with Crippen molar-refractivity contribution in [3.63, 3.8) is 0 Å². The van der Waals surface area contributed by atoms with Crippen LogP contribution in [0, 0.1) is 5.92 Å². The summed E-state index contributed by atoms with van der Waals surface area (Å²) < 4.78 is 0. The molecule has 2 aromatic rings. The van der Waals surface area contributed by atoms with Gasteiger partial charge in [0.1, 0.15) is 5.65 Å². The Balaban J connectivity index is 0.00000169. The van der Waals surface area contributed by atoms with Gasteiger partial charge in [0.05, 0.1) is 5.39 Å². The molecule has 2 aliphatic rings. The third-order valence-electron chi connectivity index (χ3n) is 5.22. The van der Waals surface area contributed by atoms with Gasteiger partial charge in [0, 0.05) is 42.1 Å². The smallest absolute Gasteiger partial charge is 0.168 e. The molecular formula is C18H25ClN4O. The molecule has 0 radical (unpaired) electrons. The number of rotatable bonds is 4. The molecule has 3 heterocycles. The van der Waals surface area contributed by atoms with Crippen molar-refractivity contribution in [2.45, 2.75) is 44.6 Å². The molecule has 6 heteroatoms. The molecular weight excluding hydrogens is 324 g/mol. The first-order valence-corrected chi connectivity index (χ1v) is 8.80. The Morgan fingerprint density at radius 2 is 2.04 bits per heavy atom. The summed E-state index contributed by atoms with van der Waals surface area (Å²) in [6.45, 7) is 2.07. The SMILES string of the molecule is Cl.O=C(c1c[nH]c2nccc(NC3CCCNC3)c12)C1CCCC1. The fraction of sp³-hybridized carbons (Fsp3) is 0.556. The number of halogens is 1. The molecule has 24 heavy (non-hydrogen) atoms. The van der Waals surface area contributed by atoms with Crippen LogP contribution in [0.1, 0.15) is 48.9 Å². The zero-order valence-corrected chi connectivity index (χ0v) is 14.6. The predicted octanol–water partition coefficient (Wildman–Crippen LogP) is 3.52. The number of pyridine rings is 1. The molecule has 2 fully saturated rings. The molecule has 1 saturated carbocycles. The highest BCUT2D eigenvalue weighted by Gasteiger charge is 2.27. The number of ketones is 1. The largest absolute Gasteiger partial charge is 0.380 e. The van der Waals surface area contributed by atoms with Gasteiger partial charge >= 0.3 is 0 Å². The Morgan fingerprint density at radius 3 is 2.79 bits per heavy atom. The number of piperidine rings is 1. The normalized spacial score (nSPS) is 21.6. The maximum absolute atomic E-state index is 12.9. The van der Waals surface area contributed by atoms with Gasteiger partial charge in [-0.3, -0.25) is 4.79 Å². The number of aromatic amines is 1. The van der Waals surface area contributed by atoms with Crippen LogP contribution in [0.4, 0.5) is 5.69 Å². The first-order valence-electron chi connectivity index (χ1n) is 8.80. The number of carbonyl (C=O) groups is 1. The van der Waals surface area contributed by atoms with Crippen LogP contribution in [0.25, 0.3) is 11.0 Å². The highest BCUT2D eigenvalue weighted by atomic mass is 35.5. The minimum atomic E-state index is 0. The average Bonchev–Trinajstić information content (AvgIpc) is 3.26. The zero-order chi connectivity index (χ0) is 15.6. The Bertz CT molecular complexity index is 702. The van der Waals surface area contributed by atoms with Crippen molar-refractivity contribution in [3.8, 4) is 0 Å². The van der Waals surface area contributed by atoms with E-state index in [1.807, 2.05) is 12.3 Å². The van der Waals surface area contributed by atoms with Gasteiger partial charge in [-0.1, -0.05) is 12.8 Å². The molecule has 4 rings (SSSR count). The van der Waals surface area contributed by atoms with Crippen molar-refractivity contribution >= 4 is 34.9 Å². The quantitative estimate of drug-likeness (QED) is 0.739. The number of H-pyrrole nitrogens is 1. The second-order valence-corrected chi connectivity index (χ2v) is 6.82. The first-order chi connectivity index (χ1) is 11.3. The summed E-state index contributed by atoms with van der Waals surface area (Å²) in [7, 11) is 0. The molecule has 1 unspecified atom stereocenters. The van der Waals surface area contributed by atoms with E-state index in [9.17, 15) is 4.79 Å². The maximum Gasteiger partial charge on any atom is 0.168 e. The monoisotopic (exact) mass is 348 g/mol. The van der Waals surface area contributed by atoms with Crippen LogP contribution < -0.4 is 10.6 Å². The van der Waals surface area contributed by atoms with Gasteiger partial charge in [-0.2, -0.15) is 0 Å². The number of fused-ring (bicyclic) bond motifs is 1. The van der Waals surface area contributed by atoms with E-state index in [1.165, 1.54) is 19.3 Å². The number of anilines is 1. The summed E-state index contributed by atoms with van der Waals surface area (Å²) in [5.41, 5.74) is 2.65. The third kappa shape index (κ3) is 3.28. The van der Waals surface area contributed by atoms with E-state index in [4.69, 9.17) is 0 Å². The molecule has 0 amide bonds. The van der Waals surface area contributed by atoms with E-state index in [-0.39, 0.29) is 24.1 Å². The fourth-order valence-corrected chi connectivity index (χ4v) is 3.97. The van der Waals surface area contributed by atoms with Crippen LogP contribution >= 0.6 is 12.4 Å². The lowest BCUT2D eigenvalue weighted by Crippen LogP contribution is -2.38. The van der Waals surface area contributed by atoms with E-state index in [2.05, 4.69) is 20.6 Å². The standard InChI is InChI=1S/C18H24N4O.ClH/c23-17(12-4-1-2-5-12)14-11-21-18-16(14)15(7-9-20-18)22-13-6-3-8-19-10-13;/h7,9,11-13,19H,1-6,8,10H2,(H2,20,21,22);1H. The summed E-state index contributed by atoms with van der Waals surface area (Å²) in [4.78, 5) is 20.5. The van der Waals surface area contributed by atoms with E-state index in [0.29, 0.717) is 6.04 Å². The Hall–Kier alpha value is -1.59.